The summed E-state index contributed by atoms with van der Waals surface area (Å²) in [6.07, 6.45) is 4.53. The normalized spacial score (nSPS) is 26.4. The number of hydrogen-bond donors (Lipinski definition) is 0. The van der Waals surface area contributed by atoms with Crippen LogP contribution in [0.2, 0.25) is 0 Å². The van der Waals surface area contributed by atoms with E-state index in [1.54, 1.807) is 8.61 Å². The van der Waals surface area contributed by atoms with Gasteiger partial charge in [-0.3, -0.25) is 0 Å². The highest BCUT2D eigenvalue weighted by Crippen LogP contribution is 2.40. The van der Waals surface area contributed by atoms with Crippen LogP contribution >= 0.6 is 11.3 Å². The largest absolute Gasteiger partial charge is 0.373 e. The zero-order valence-corrected chi connectivity index (χ0v) is 20.1. The summed E-state index contributed by atoms with van der Waals surface area (Å²) in [5.74, 6) is 1.78. The highest BCUT2D eigenvalue weighted by atomic mass is 32.2. The molecule has 2 atom stereocenters. The fraction of sp³-hybridized carbons (Fsp3) is 0.714. The van der Waals surface area contributed by atoms with Crippen molar-refractivity contribution in [2.75, 3.05) is 44.2 Å². The van der Waals surface area contributed by atoms with Gasteiger partial charge in [0.25, 0.3) is 10.2 Å². The predicted molar refractivity (Wildman–Crippen MR) is 123 cm³/mol. The zero-order valence-electron chi connectivity index (χ0n) is 18.5. The molecular weight excluding hydrogens is 434 g/mol. The van der Waals surface area contributed by atoms with Gasteiger partial charge in [-0.1, -0.05) is 0 Å². The van der Waals surface area contributed by atoms with E-state index in [4.69, 9.17) is 14.7 Å². The van der Waals surface area contributed by atoms with Gasteiger partial charge in [-0.05, 0) is 52.0 Å². The Kier molecular flexibility index (Phi) is 5.71. The van der Waals surface area contributed by atoms with Gasteiger partial charge in [0, 0.05) is 44.1 Å². The number of hydrogen-bond acceptors (Lipinski definition) is 7. The molecule has 2 aliphatic heterocycles. The Hall–Kier alpha value is -1.33. The predicted octanol–water partition coefficient (Wildman–Crippen LogP) is 2.35. The minimum absolute atomic E-state index is 0.0816. The molecule has 31 heavy (non-hydrogen) atoms. The Morgan fingerprint density at radius 3 is 2.35 bits per heavy atom. The maximum absolute atomic E-state index is 13.2. The summed E-state index contributed by atoms with van der Waals surface area (Å²) in [4.78, 5) is 14.4. The third-order valence-electron chi connectivity index (χ3n) is 6.48. The van der Waals surface area contributed by atoms with E-state index in [9.17, 15) is 8.42 Å². The van der Waals surface area contributed by atoms with E-state index in [1.807, 2.05) is 32.1 Å². The second-order valence-corrected chi connectivity index (χ2v) is 12.0. The van der Waals surface area contributed by atoms with Gasteiger partial charge in [0.1, 0.15) is 16.5 Å². The Morgan fingerprint density at radius 1 is 0.968 bits per heavy atom. The zero-order chi connectivity index (χ0) is 21.8. The van der Waals surface area contributed by atoms with E-state index in [0.29, 0.717) is 39.3 Å². The molecule has 0 spiro atoms. The van der Waals surface area contributed by atoms with Crippen LogP contribution in [-0.4, -0.2) is 78.5 Å². The van der Waals surface area contributed by atoms with Crippen LogP contribution in [0.5, 0.6) is 0 Å². The molecule has 0 radical (unpaired) electrons. The Labute approximate surface area is 188 Å². The average molecular weight is 466 g/mol. The van der Waals surface area contributed by atoms with Crippen LogP contribution in [0, 0.1) is 6.92 Å². The van der Waals surface area contributed by atoms with Crippen molar-refractivity contribution in [3.8, 4) is 0 Å². The monoisotopic (exact) mass is 465 g/mol. The summed E-state index contributed by atoms with van der Waals surface area (Å²) in [5.41, 5.74) is 1.42. The molecule has 8 nitrogen and oxygen atoms in total. The maximum atomic E-state index is 13.2. The van der Waals surface area contributed by atoms with Crippen LogP contribution < -0.4 is 4.90 Å². The lowest BCUT2D eigenvalue weighted by molar-refractivity contribution is -0.0455. The quantitative estimate of drug-likeness (QED) is 0.692. The van der Waals surface area contributed by atoms with Gasteiger partial charge in [-0.15, -0.1) is 11.3 Å². The maximum Gasteiger partial charge on any atom is 0.282 e. The van der Waals surface area contributed by atoms with E-state index in [-0.39, 0.29) is 12.2 Å². The molecule has 170 valence electrons. The summed E-state index contributed by atoms with van der Waals surface area (Å²) in [5, 5.41) is 1.21. The van der Waals surface area contributed by atoms with Crippen LogP contribution in [0.3, 0.4) is 0 Å². The molecule has 2 aromatic rings. The number of piperazine rings is 1. The number of thiophene rings is 1. The van der Waals surface area contributed by atoms with Gasteiger partial charge in [0.05, 0.1) is 17.6 Å². The summed E-state index contributed by atoms with van der Waals surface area (Å²) in [6.45, 7) is 8.87. The summed E-state index contributed by atoms with van der Waals surface area (Å²) in [6, 6.07) is 0. The average Bonchev–Trinajstić information content (AvgIpc) is 3.10. The third kappa shape index (κ3) is 3.97. The molecule has 0 N–H and O–H groups in total. The smallest absolute Gasteiger partial charge is 0.282 e. The van der Waals surface area contributed by atoms with Crippen LogP contribution in [0.4, 0.5) is 5.82 Å². The topological polar surface area (TPSA) is 78.9 Å². The highest BCUT2D eigenvalue weighted by molar-refractivity contribution is 7.86. The van der Waals surface area contributed by atoms with Gasteiger partial charge in [0.15, 0.2) is 0 Å². The second-order valence-electron chi connectivity index (χ2n) is 8.95. The number of anilines is 1. The van der Waals surface area contributed by atoms with E-state index in [2.05, 4.69) is 4.90 Å². The van der Waals surface area contributed by atoms with Gasteiger partial charge < -0.3 is 9.64 Å². The second kappa shape index (κ2) is 8.22. The third-order valence-corrected chi connectivity index (χ3v) is 9.64. The molecule has 5 rings (SSSR count). The van der Waals surface area contributed by atoms with Crippen LogP contribution in [0.1, 0.15) is 43.0 Å². The van der Waals surface area contributed by atoms with Crippen molar-refractivity contribution in [3.63, 3.8) is 0 Å². The number of rotatable bonds is 3. The fourth-order valence-electron chi connectivity index (χ4n) is 5.08. The number of ether oxygens (including phenoxy) is 1. The molecule has 2 saturated heterocycles. The molecule has 2 aromatic heterocycles. The molecule has 0 unspecified atom stereocenters. The van der Waals surface area contributed by atoms with Crippen molar-refractivity contribution in [1.82, 2.24) is 18.6 Å². The minimum Gasteiger partial charge on any atom is -0.373 e. The van der Waals surface area contributed by atoms with Crippen molar-refractivity contribution in [3.05, 3.63) is 16.3 Å². The lowest BCUT2D eigenvalue weighted by Gasteiger charge is -2.40. The molecule has 10 heteroatoms. The van der Waals surface area contributed by atoms with Crippen LogP contribution in [0.25, 0.3) is 10.2 Å². The number of aryl methyl sites for hydroxylation is 3. The molecule has 4 heterocycles. The van der Waals surface area contributed by atoms with Crippen molar-refractivity contribution >= 4 is 37.6 Å². The van der Waals surface area contributed by atoms with Crippen molar-refractivity contribution in [1.29, 1.82) is 0 Å². The van der Waals surface area contributed by atoms with E-state index in [1.165, 1.54) is 28.7 Å². The molecule has 0 bridgehead atoms. The standard InChI is InChI=1S/C21H31N5O3S2/c1-14-12-26(13-15(2)29-14)31(27,28)25-10-8-24(9-11-25)20-19-17-6-4-5-7-18(17)30-21(19)23-16(3)22-20/h14-15H,4-13H2,1-3H3/t14-,15-/m0/s1. The molecule has 0 amide bonds. The molecule has 3 aliphatic rings. The molecule has 1 aliphatic carbocycles. The fourth-order valence-corrected chi connectivity index (χ4v) is 8.13. The summed E-state index contributed by atoms with van der Waals surface area (Å²) < 4.78 is 35.4. The summed E-state index contributed by atoms with van der Waals surface area (Å²) >= 11 is 1.81. The molecule has 0 saturated carbocycles. The first-order chi connectivity index (χ1) is 14.8. The Balaban J connectivity index is 1.37. The lowest BCUT2D eigenvalue weighted by atomic mass is 9.97. The first-order valence-corrected chi connectivity index (χ1v) is 13.5. The van der Waals surface area contributed by atoms with Crippen molar-refractivity contribution in [2.45, 2.75) is 58.7 Å². The number of morpholine rings is 1. The van der Waals surface area contributed by atoms with E-state index < -0.39 is 10.2 Å². The number of fused-ring (bicyclic) bond motifs is 3. The van der Waals surface area contributed by atoms with E-state index >= 15 is 0 Å². The SMILES string of the molecule is Cc1nc(N2CCN(S(=O)(=O)N3C[C@H](C)O[C@@H](C)C3)CC2)c2c3c(sc2n1)CCCC3. The first-order valence-electron chi connectivity index (χ1n) is 11.3. The van der Waals surface area contributed by atoms with Crippen LogP contribution in [0.15, 0.2) is 0 Å². The number of aromatic nitrogens is 2. The first kappa shape index (κ1) is 21.5. The Morgan fingerprint density at radius 2 is 1.65 bits per heavy atom. The van der Waals surface area contributed by atoms with Gasteiger partial charge in [0.2, 0.25) is 0 Å². The van der Waals surface area contributed by atoms with Crippen molar-refractivity contribution in [2.24, 2.45) is 0 Å². The van der Waals surface area contributed by atoms with Gasteiger partial charge in [-0.25, -0.2) is 9.97 Å². The lowest BCUT2D eigenvalue weighted by Crippen LogP contribution is -2.57. The van der Waals surface area contributed by atoms with Gasteiger partial charge >= 0.3 is 0 Å². The number of nitrogens with zero attached hydrogens (tertiary/aromatic N) is 5. The van der Waals surface area contributed by atoms with Crippen molar-refractivity contribution < 1.29 is 13.2 Å². The molecular formula is C21H31N5O3S2. The minimum atomic E-state index is -3.48. The summed E-state index contributed by atoms with van der Waals surface area (Å²) in [7, 11) is -3.48. The Bertz CT molecular complexity index is 1070. The molecule has 0 aromatic carbocycles. The van der Waals surface area contributed by atoms with Crippen LogP contribution in [-0.2, 0) is 27.8 Å². The van der Waals surface area contributed by atoms with E-state index in [0.717, 1.165) is 29.3 Å². The van der Waals surface area contributed by atoms with Gasteiger partial charge in [-0.2, -0.15) is 17.0 Å². The highest BCUT2D eigenvalue weighted by Gasteiger charge is 2.37. The molecule has 2 fully saturated rings.